The maximum atomic E-state index is 15.5. The van der Waals surface area contributed by atoms with Gasteiger partial charge in [-0.25, -0.2) is 22.9 Å². The van der Waals surface area contributed by atoms with E-state index < -0.39 is 36.8 Å². The normalized spacial score (nSPS) is 11.8. The van der Waals surface area contributed by atoms with Crippen molar-refractivity contribution in [2.24, 2.45) is 7.05 Å². The van der Waals surface area contributed by atoms with Crippen molar-refractivity contribution in [1.29, 1.82) is 0 Å². The molecule has 0 atom stereocenters. The Bertz CT molecular complexity index is 1910. The highest BCUT2D eigenvalue weighted by molar-refractivity contribution is 7.70. The molecule has 3 N–H and O–H groups in total. The summed E-state index contributed by atoms with van der Waals surface area (Å²) in [6.45, 7) is 3.17. The molecular weight excluding hydrogens is 592 g/mol. The van der Waals surface area contributed by atoms with E-state index in [1.807, 2.05) is 6.20 Å². The van der Waals surface area contributed by atoms with Gasteiger partial charge in [0, 0.05) is 42.3 Å². The van der Waals surface area contributed by atoms with Gasteiger partial charge in [-0.3, -0.25) is 4.68 Å². The van der Waals surface area contributed by atoms with Crippen molar-refractivity contribution < 1.29 is 27.6 Å². The van der Waals surface area contributed by atoms with Gasteiger partial charge < -0.3 is 20.3 Å². The average molecular weight is 621 g/mol. The molecule has 9 nitrogen and oxygen atoms in total. The minimum atomic E-state index is -3.63. The van der Waals surface area contributed by atoms with E-state index in [1.54, 1.807) is 61.6 Å². The first-order valence-corrected chi connectivity index (χ1v) is 16.0. The third-order valence-electron chi connectivity index (χ3n) is 6.82. The SMILES string of the molecule is Cn1cc(-c2ccc(Nc3nc(Nc4ccccc4C(=O)O)ncc3CC(F)(F)c3ccccc3F)c(P(C)(C)=O)c2)cn1. The number of carboxylic acids is 1. The minimum Gasteiger partial charge on any atom is -0.478 e. The molecule has 2 aromatic heterocycles. The zero-order valence-corrected chi connectivity index (χ0v) is 24.8. The summed E-state index contributed by atoms with van der Waals surface area (Å²) in [5.74, 6) is -6.01. The fourth-order valence-electron chi connectivity index (χ4n) is 4.66. The topological polar surface area (TPSA) is 122 Å². The van der Waals surface area contributed by atoms with Gasteiger partial charge in [0.1, 0.15) is 18.8 Å². The summed E-state index contributed by atoms with van der Waals surface area (Å²) < 4.78 is 60.4. The van der Waals surface area contributed by atoms with Crippen LogP contribution >= 0.6 is 7.14 Å². The number of nitrogens with one attached hydrogen (secondary N) is 2. The highest BCUT2D eigenvalue weighted by Crippen LogP contribution is 2.41. The molecule has 0 unspecified atom stereocenters. The fraction of sp³-hybridized carbons (Fsp3) is 0.161. The van der Waals surface area contributed by atoms with E-state index in [9.17, 15) is 18.9 Å². The Morgan fingerprint density at radius 1 is 0.977 bits per heavy atom. The van der Waals surface area contributed by atoms with Crippen LogP contribution in [0.4, 0.5) is 36.3 Å². The molecule has 13 heteroatoms. The maximum absolute atomic E-state index is 15.5. The van der Waals surface area contributed by atoms with Gasteiger partial charge in [-0.05, 0) is 49.2 Å². The number of carbonyl (C=O) groups is 1. The van der Waals surface area contributed by atoms with Crippen molar-refractivity contribution >= 4 is 41.6 Å². The lowest BCUT2D eigenvalue weighted by molar-refractivity contribution is -0.00730. The summed E-state index contributed by atoms with van der Waals surface area (Å²) >= 11 is 0. The number of nitrogens with zero attached hydrogens (tertiary/aromatic N) is 4. The zero-order valence-electron chi connectivity index (χ0n) is 23.9. The van der Waals surface area contributed by atoms with E-state index in [0.717, 1.165) is 29.5 Å². The Morgan fingerprint density at radius 3 is 2.39 bits per heavy atom. The van der Waals surface area contributed by atoms with Crippen LogP contribution in [0.5, 0.6) is 0 Å². The molecule has 0 aliphatic carbocycles. The van der Waals surface area contributed by atoms with Crippen LogP contribution in [0.1, 0.15) is 21.5 Å². The molecule has 0 radical (unpaired) electrons. The van der Waals surface area contributed by atoms with Crippen LogP contribution in [0.2, 0.25) is 0 Å². The number of para-hydroxylation sites is 1. The molecule has 0 spiro atoms. The lowest BCUT2D eigenvalue weighted by Crippen LogP contribution is -2.21. The standard InChI is InChI=1S/C31H28F3N6O3P/c1-40-18-21(17-36-40)19-12-13-26(27(14-19)44(2,3)43)37-28-20(15-31(33,34)23-9-5-6-10-24(23)32)16-35-30(39-28)38-25-11-7-4-8-22(25)29(41)42/h4-14,16-18H,15H2,1-3H3,(H,41,42)(H2,35,37,38,39). The predicted octanol–water partition coefficient (Wildman–Crippen LogP) is 6.78. The minimum absolute atomic E-state index is 0.0491. The summed E-state index contributed by atoms with van der Waals surface area (Å²) in [5.41, 5.74) is 1.21. The first-order chi connectivity index (χ1) is 20.8. The third kappa shape index (κ3) is 6.65. The molecule has 0 saturated heterocycles. The number of aromatic carboxylic acids is 1. The molecule has 2 heterocycles. The highest BCUT2D eigenvalue weighted by atomic mass is 31.2. The number of anilines is 4. The van der Waals surface area contributed by atoms with Crippen LogP contribution in [-0.4, -0.2) is 44.2 Å². The summed E-state index contributed by atoms with van der Waals surface area (Å²) in [5, 5.41) is 20.1. The smallest absolute Gasteiger partial charge is 0.337 e. The van der Waals surface area contributed by atoms with Crippen LogP contribution in [0.25, 0.3) is 11.1 Å². The number of carboxylic acid groups (broad SMARTS) is 1. The van der Waals surface area contributed by atoms with Crippen molar-refractivity contribution in [1.82, 2.24) is 19.7 Å². The summed E-state index contributed by atoms with van der Waals surface area (Å²) in [7, 11) is -1.16. The second kappa shape index (κ2) is 12.0. The van der Waals surface area contributed by atoms with E-state index >= 15 is 8.78 Å². The van der Waals surface area contributed by atoms with Gasteiger partial charge >= 0.3 is 5.97 Å². The molecule has 44 heavy (non-hydrogen) atoms. The second-order valence-corrected chi connectivity index (χ2v) is 13.7. The largest absolute Gasteiger partial charge is 0.478 e. The number of hydrogen-bond acceptors (Lipinski definition) is 7. The van der Waals surface area contributed by atoms with Gasteiger partial charge in [-0.2, -0.15) is 10.1 Å². The summed E-state index contributed by atoms with van der Waals surface area (Å²) in [4.78, 5) is 20.3. The molecule has 0 aliphatic heterocycles. The Kier molecular flexibility index (Phi) is 8.29. The monoisotopic (exact) mass is 620 g/mol. The second-order valence-electron chi connectivity index (χ2n) is 10.5. The Morgan fingerprint density at radius 2 is 1.70 bits per heavy atom. The van der Waals surface area contributed by atoms with Gasteiger partial charge in [0.2, 0.25) is 5.95 Å². The van der Waals surface area contributed by atoms with Crippen LogP contribution in [0, 0.1) is 5.82 Å². The molecule has 3 aromatic carbocycles. The molecule has 0 amide bonds. The average Bonchev–Trinajstić information content (AvgIpc) is 3.40. The van der Waals surface area contributed by atoms with E-state index in [2.05, 4.69) is 25.7 Å². The van der Waals surface area contributed by atoms with Crippen LogP contribution < -0.4 is 15.9 Å². The maximum Gasteiger partial charge on any atom is 0.337 e. The van der Waals surface area contributed by atoms with Crippen molar-refractivity contribution in [2.75, 3.05) is 24.0 Å². The van der Waals surface area contributed by atoms with Crippen LogP contribution in [-0.2, 0) is 24.0 Å². The number of rotatable bonds is 10. The van der Waals surface area contributed by atoms with Gasteiger partial charge in [-0.1, -0.05) is 36.4 Å². The van der Waals surface area contributed by atoms with E-state index in [0.29, 0.717) is 11.0 Å². The van der Waals surface area contributed by atoms with Crippen molar-refractivity contribution in [3.8, 4) is 11.1 Å². The molecular formula is C31H28F3N6O3P. The number of aromatic nitrogens is 4. The number of hydrogen-bond donors (Lipinski definition) is 3. The Labute approximate surface area is 251 Å². The van der Waals surface area contributed by atoms with Gasteiger partial charge in [-0.15, -0.1) is 0 Å². The molecule has 0 aliphatic rings. The zero-order chi connectivity index (χ0) is 31.6. The van der Waals surface area contributed by atoms with Gasteiger partial charge in [0.05, 0.1) is 28.7 Å². The van der Waals surface area contributed by atoms with E-state index in [1.165, 1.54) is 24.3 Å². The quantitative estimate of drug-likeness (QED) is 0.146. The summed E-state index contributed by atoms with van der Waals surface area (Å²) in [6, 6.07) is 15.9. The molecule has 0 bridgehead atoms. The summed E-state index contributed by atoms with van der Waals surface area (Å²) in [6.07, 6.45) is 3.68. The lowest BCUT2D eigenvalue weighted by Gasteiger charge is -2.21. The van der Waals surface area contributed by atoms with Crippen molar-refractivity contribution in [3.63, 3.8) is 0 Å². The highest BCUT2D eigenvalue weighted by Gasteiger charge is 2.36. The van der Waals surface area contributed by atoms with E-state index in [4.69, 9.17) is 0 Å². The van der Waals surface area contributed by atoms with Crippen LogP contribution in [0.3, 0.4) is 0 Å². The first-order valence-electron chi connectivity index (χ1n) is 13.4. The number of halogens is 3. The van der Waals surface area contributed by atoms with Crippen molar-refractivity contribution in [3.05, 3.63) is 108 Å². The molecule has 5 rings (SSSR count). The predicted molar refractivity (Wildman–Crippen MR) is 164 cm³/mol. The Hall–Kier alpha value is -4.96. The number of alkyl halides is 2. The van der Waals surface area contributed by atoms with Crippen molar-refractivity contribution in [2.45, 2.75) is 12.3 Å². The third-order valence-corrected chi connectivity index (χ3v) is 8.35. The molecule has 5 aromatic rings. The van der Waals surface area contributed by atoms with Gasteiger partial charge in [0.25, 0.3) is 5.92 Å². The molecule has 0 saturated carbocycles. The van der Waals surface area contributed by atoms with Gasteiger partial charge in [0.15, 0.2) is 0 Å². The number of benzene rings is 3. The Balaban J connectivity index is 1.59. The van der Waals surface area contributed by atoms with E-state index in [-0.39, 0.29) is 28.6 Å². The fourth-order valence-corrected chi connectivity index (χ4v) is 5.82. The van der Waals surface area contributed by atoms with Crippen LogP contribution in [0.15, 0.2) is 85.3 Å². The number of aryl methyl sites for hydroxylation is 1. The molecule has 0 fully saturated rings. The first kappa shape index (κ1) is 30.5. The molecule has 226 valence electrons. The lowest BCUT2D eigenvalue weighted by atomic mass is 10.0.